The van der Waals surface area contributed by atoms with Gasteiger partial charge in [0.05, 0.1) is 0 Å². The standard InChI is InChI=1S/C15H23N/c1-3-13-5-4-6-14(9-13)10-15-11-16-8-7-12(15)2/h4-6,9,12,15-16H,3,7-8,10-11H2,1-2H3. The maximum atomic E-state index is 3.51. The van der Waals surface area contributed by atoms with Crippen molar-refractivity contribution in [2.75, 3.05) is 13.1 Å². The smallest absolute Gasteiger partial charge is 0.00148 e. The molecule has 0 bridgehead atoms. The lowest BCUT2D eigenvalue weighted by Gasteiger charge is -2.29. The molecule has 2 unspecified atom stereocenters. The average Bonchev–Trinajstić information content (AvgIpc) is 2.32. The minimum atomic E-state index is 0.820. The molecule has 1 saturated heterocycles. The van der Waals surface area contributed by atoms with Gasteiger partial charge in [0.1, 0.15) is 0 Å². The van der Waals surface area contributed by atoms with Crippen molar-refractivity contribution >= 4 is 0 Å². The van der Waals surface area contributed by atoms with Crippen LogP contribution >= 0.6 is 0 Å². The quantitative estimate of drug-likeness (QED) is 0.820. The third kappa shape index (κ3) is 2.85. The summed E-state index contributed by atoms with van der Waals surface area (Å²) in [5.74, 6) is 1.69. The van der Waals surface area contributed by atoms with Crippen molar-refractivity contribution in [3.63, 3.8) is 0 Å². The van der Waals surface area contributed by atoms with Gasteiger partial charge in [-0.3, -0.25) is 0 Å². The van der Waals surface area contributed by atoms with Gasteiger partial charge in [0.25, 0.3) is 0 Å². The lowest BCUT2D eigenvalue weighted by molar-refractivity contribution is 0.272. The second-order valence-corrected chi connectivity index (χ2v) is 5.11. The third-order valence-corrected chi connectivity index (χ3v) is 3.89. The van der Waals surface area contributed by atoms with Gasteiger partial charge in [-0.1, -0.05) is 38.1 Å². The van der Waals surface area contributed by atoms with E-state index in [1.807, 2.05) is 0 Å². The molecule has 1 aromatic rings. The Bertz CT molecular complexity index is 332. The van der Waals surface area contributed by atoms with Gasteiger partial charge in [-0.15, -0.1) is 0 Å². The Labute approximate surface area is 99.3 Å². The van der Waals surface area contributed by atoms with Gasteiger partial charge in [-0.05, 0) is 55.3 Å². The van der Waals surface area contributed by atoms with Crippen molar-refractivity contribution in [1.82, 2.24) is 5.32 Å². The molecule has 0 spiro atoms. The normalized spacial score (nSPS) is 25.6. The van der Waals surface area contributed by atoms with Gasteiger partial charge in [0.2, 0.25) is 0 Å². The first-order valence-electron chi connectivity index (χ1n) is 6.58. The first-order chi connectivity index (χ1) is 7.79. The second kappa shape index (κ2) is 5.49. The summed E-state index contributed by atoms with van der Waals surface area (Å²) < 4.78 is 0. The van der Waals surface area contributed by atoms with E-state index in [-0.39, 0.29) is 0 Å². The molecule has 1 N–H and O–H groups in total. The summed E-state index contributed by atoms with van der Waals surface area (Å²) in [4.78, 5) is 0. The van der Waals surface area contributed by atoms with E-state index in [0.29, 0.717) is 0 Å². The minimum Gasteiger partial charge on any atom is -0.316 e. The van der Waals surface area contributed by atoms with Crippen molar-refractivity contribution in [3.8, 4) is 0 Å². The molecule has 2 atom stereocenters. The predicted molar refractivity (Wildman–Crippen MR) is 69.7 cm³/mol. The third-order valence-electron chi connectivity index (χ3n) is 3.89. The maximum Gasteiger partial charge on any atom is -0.00148 e. The maximum absolute atomic E-state index is 3.51. The van der Waals surface area contributed by atoms with E-state index in [4.69, 9.17) is 0 Å². The van der Waals surface area contributed by atoms with Crippen LogP contribution in [0.25, 0.3) is 0 Å². The Morgan fingerprint density at radius 2 is 2.12 bits per heavy atom. The van der Waals surface area contributed by atoms with E-state index in [1.54, 1.807) is 0 Å². The molecule has 1 aliphatic heterocycles. The molecule has 0 aromatic heterocycles. The largest absolute Gasteiger partial charge is 0.316 e. The van der Waals surface area contributed by atoms with E-state index in [0.717, 1.165) is 18.3 Å². The molecule has 1 heterocycles. The lowest BCUT2D eigenvalue weighted by atomic mass is 9.83. The van der Waals surface area contributed by atoms with Gasteiger partial charge in [0.15, 0.2) is 0 Å². The first kappa shape index (κ1) is 11.7. The summed E-state index contributed by atoms with van der Waals surface area (Å²) in [7, 11) is 0. The molecular weight excluding hydrogens is 194 g/mol. The van der Waals surface area contributed by atoms with Crippen molar-refractivity contribution < 1.29 is 0 Å². The molecule has 0 amide bonds. The number of rotatable bonds is 3. The zero-order valence-corrected chi connectivity index (χ0v) is 10.5. The zero-order chi connectivity index (χ0) is 11.4. The summed E-state index contributed by atoms with van der Waals surface area (Å²) in [6.07, 6.45) is 3.71. The highest BCUT2D eigenvalue weighted by Gasteiger charge is 2.20. The second-order valence-electron chi connectivity index (χ2n) is 5.11. The van der Waals surface area contributed by atoms with Crippen LogP contribution in [0.5, 0.6) is 0 Å². The molecular formula is C15H23N. The molecule has 88 valence electrons. The van der Waals surface area contributed by atoms with E-state index in [9.17, 15) is 0 Å². The Kier molecular flexibility index (Phi) is 4.00. The highest BCUT2D eigenvalue weighted by molar-refractivity contribution is 5.24. The lowest BCUT2D eigenvalue weighted by Crippen LogP contribution is -2.36. The van der Waals surface area contributed by atoms with Crippen LogP contribution in [0.1, 0.15) is 31.4 Å². The molecule has 1 aromatic carbocycles. The molecule has 1 heteroatoms. The summed E-state index contributed by atoms with van der Waals surface area (Å²) in [6, 6.07) is 9.09. The molecule has 0 radical (unpaired) electrons. The fraction of sp³-hybridized carbons (Fsp3) is 0.600. The molecule has 16 heavy (non-hydrogen) atoms. The van der Waals surface area contributed by atoms with Crippen LogP contribution in [0.4, 0.5) is 0 Å². The van der Waals surface area contributed by atoms with Crippen molar-refractivity contribution in [1.29, 1.82) is 0 Å². The minimum absolute atomic E-state index is 0.820. The highest BCUT2D eigenvalue weighted by Crippen LogP contribution is 2.23. The molecule has 1 fully saturated rings. The summed E-state index contributed by atoms with van der Waals surface area (Å²) in [5, 5.41) is 3.51. The van der Waals surface area contributed by atoms with Crippen molar-refractivity contribution in [2.45, 2.75) is 33.1 Å². The Morgan fingerprint density at radius 3 is 2.88 bits per heavy atom. The number of piperidine rings is 1. The van der Waals surface area contributed by atoms with Crippen LogP contribution in [0.15, 0.2) is 24.3 Å². The molecule has 0 aliphatic carbocycles. The van der Waals surface area contributed by atoms with Crippen LogP contribution in [-0.2, 0) is 12.8 Å². The number of hydrogen-bond acceptors (Lipinski definition) is 1. The van der Waals surface area contributed by atoms with Crippen molar-refractivity contribution in [2.24, 2.45) is 11.8 Å². The van der Waals surface area contributed by atoms with Crippen LogP contribution in [0.3, 0.4) is 0 Å². The first-order valence-corrected chi connectivity index (χ1v) is 6.58. The summed E-state index contributed by atoms with van der Waals surface area (Å²) in [5.41, 5.74) is 2.98. The van der Waals surface area contributed by atoms with Crippen molar-refractivity contribution in [3.05, 3.63) is 35.4 Å². The molecule has 1 nitrogen and oxygen atoms in total. The Morgan fingerprint density at radius 1 is 1.31 bits per heavy atom. The monoisotopic (exact) mass is 217 g/mol. The fourth-order valence-corrected chi connectivity index (χ4v) is 2.61. The molecule has 2 rings (SSSR count). The topological polar surface area (TPSA) is 12.0 Å². The van der Waals surface area contributed by atoms with Crippen LogP contribution < -0.4 is 5.32 Å². The Hall–Kier alpha value is -0.820. The van der Waals surface area contributed by atoms with Gasteiger partial charge in [-0.2, -0.15) is 0 Å². The molecule has 0 saturated carbocycles. The molecule has 1 aliphatic rings. The fourth-order valence-electron chi connectivity index (χ4n) is 2.61. The van der Waals surface area contributed by atoms with E-state index in [1.165, 1.54) is 37.1 Å². The predicted octanol–water partition coefficient (Wildman–Crippen LogP) is 3.04. The van der Waals surface area contributed by atoms with Gasteiger partial charge in [-0.25, -0.2) is 0 Å². The van der Waals surface area contributed by atoms with Gasteiger partial charge >= 0.3 is 0 Å². The van der Waals surface area contributed by atoms with E-state index < -0.39 is 0 Å². The summed E-state index contributed by atoms with van der Waals surface area (Å²) in [6.45, 7) is 7.02. The van der Waals surface area contributed by atoms with Crippen LogP contribution in [0, 0.1) is 11.8 Å². The Balaban J connectivity index is 2.01. The van der Waals surface area contributed by atoms with E-state index >= 15 is 0 Å². The van der Waals surface area contributed by atoms with Gasteiger partial charge < -0.3 is 5.32 Å². The number of aryl methyl sites for hydroxylation is 1. The average molecular weight is 217 g/mol. The zero-order valence-electron chi connectivity index (χ0n) is 10.5. The van der Waals surface area contributed by atoms with Gasteiger partial charge in [0, 0.05) is 0 Å². The van der Waals surface area contributed by atoms with Crippen LogP contribution in [0.2, 0.25) is 0 Å². The number of nitrogens with one attached hydrogen (secondary N) is 1. The van der Waals surface area contributed by atoms with Crippen LogP contribution in [-0.4, -0.2) is 13.1 Å². The number of hydrogen-bond donors (Lipinski definition) is 1. The highest BCUT2D eigenvalue weighted by atomic mass is 14.9. The number of benzene rings is 1. The van der Waals surface area contributed by atoms with E-state index in [2.05, 4.69) is 43.4 Å². The summed E-state index contributed by atoms with van der Waals surface area (Å²) >= 11 is 0. The SMILES string of the molecule is CCc1cccc(CC2CNCCC2C)c1.